The largest absolute Gasteiger partial charge is 0.327 e. The fourth-order valence-corrected chi connectivity index (χ4v) is 2.50. The number of rotatable bonds is 1. The van der Waals surface area contributed by atoms with E-state index in [0.717, 1.165) is 13.0 Å². The van der Waals surface area contributed by atoms with Crippen LogP contribution in [0.2, 0.25) is 0 Å². The van der Waals surface area contributed by atoms with Crippen LogP contribution in [-0.2, 0) is 13.0 Å². The molecule has 0 aromatic carbocycles. The molecular weight excluding hydrogens is 180 g/mol. The minimum absolute atomic E-state index is 1.13. The highest BCUT2D eigenvalue weighted by molar-refractivity contribution is 7.13. The Morgan fingerprint density at radius 2 is 2.54 bits per heavy atom. The molecule has 1 aliphatic heterocycles. The molecule has 3 heteroatoms. The summed E-state index contributed by atoms with van der Waals surface area (Å²) in [6.07, 6.45) is 4.36. The van der Waals surface area contributed by atoms with E-state index in [9.17, 15) is 0 Å². The van der Waals surface area contributed by atoms with Gasteiger partial charge in [0, 0.05) is 18.3 Å². The van der Waals surface area contributed by atoms with E-state index in [4.69, 9.17) is 0 Å². The van der Waals surface area contributed by atoms with E-state index < -0.39 is 0 Å². The number of thiophene rings is 1. The highest BCUT2D eigenvalue weighted by Crippen LogP contribution is 2.28. The van der Waals surface area contributed by atoms with Gasteiger partial charge in [0.1, 0.15) is 5.82 Å². The van der Waals surface area contributed by atoms with Crippen LogP contribution in [0.4, 0.5) is 0 Å². The molecule has 1 radical (unpaired) electrons. The predicted molar refractivity (Wildman–Crippen MR) is 52.7 cm³/mol. The summed E-state index contributed by atoms with van der Waals surface area (Å²) in [6.45, 7) is 1.13. The van der Waals surface area contributed by atoms with Gasteiger partial charge in [0.05, 0.1) is 16.8 Å². The SMILES string of the molecule is [c]1ccc(-c2cnc3n2CCC3)s1. The number of hydrogen-bond donors (Lipinski definition) is 0. The Hall–Kier alpha value is -1.09. The van der Waals surface area contributed by atoms with Crippen molar-refractivity contribution in [3.8, 4) is 10.6 Å². The van der Waals surface area contributed by atoms with Crippen molar-refractivity contribution in [2.45, 2.75) is 19.4 Å². The molecule has 65 valence electrons. The molecule has 0 N–H and O–H groups in total. The summed E-state index contributed by atoms with van der Waals surface area (Å²) in [4.78, 5) is 5.69. The summed E-state index contributed by atoms with van der Waals surface area (Å²) in [7, 11) is 0. The van der Waals surface area contributed by atoms with Gasteiger partial charge in [-0.15, -0.1) is 11.3 Å². The summed E-state index contributed by atoms with van der Waals surface area (Å²) in [5.74, 6) is 1.24. The second-order valence-corrected chi connectivity index (χ2v) is 4.11. The standard InChI is InChI=1S/C10H9N2S/c1-4-10-11-7-8(12(10)5-1)9-3-2-6-13-9/h2-3,7H,1,4-5H2. The second kappa shape index (κ2) is 2.70. The zero-order valence-electron chi connectivity index (χ0n) is 7.16. The van der Waals surface area contributed by atoms with Crippen molar-refractivity contribution in [2.24, 2.45) is 0 Å². The molecule has 0 unspecified atom stereocenters. The molecule has 2 nitrogen and oxygen atoms in total. The molecule has 13 heavy (non-hydrogen) atoms. The molecule has 2 aromatic rings. The van der Waals surface area contributed by atoms with Crippen molar-refractivity contribution in [1.29, 1.82) is 0 Å². The van der Waals surface area contributed by atoms with Gasteiger partial charge in [-0.3, -0.25) is 0 Å². The van der Waals surface area contributed by atoms with Crippen LogP contribution in [-0.4, -0.2) is 9.55 Å². The zero-order valence-corrected chi connectivity index (χ0v) is 7.97. The molecule has 3 rings (SSSR count). The van der Waals surface area contributed by atoms with Crippen LogP contribution in [0.15, 0.2) is 18.3 Å². The van der Waals surface area contributed by atoms with Crippen LogP contribution >= 0.6 is 11.3 Å². The smallest absolute Gasteiger partial charge is 0.109 e. The van der Waals surface area contributed by atoms with Gasteiger partial charge in [-0.25, -0.2) is 4.98 Å². The van der Waals surface area contributed by atoms with Crippen LogP contribution in [0.25, 0.3) is 10.6 Å². The van der Waals surface area contributed by atoms with Crippen molar-refractivity contribution in [3.63, 3.8) is 0 Å². The van der Waals surface area contributed by atoms with Crippen LogP contribution in [0.3, 0.4) is 0 Å². The van der Waals surface area contributed by atoms with Gasteiger partial charge in [-0.1, -0.05) is 0 Å². The summed E-state index contributed by atoms with van der Waals surface area (Å²) in [6, 6.07) is 4.07. The first-order valence-corrected chi connectivity index (χ1v) is 5.27. The van der Waals surface area contributed by atoms with E-state index in [1.807, 2.05) is 12.3 Å². The lowest BCUT2D eigenvalue weighted by Crippen LogP contribution is -1.93. The van der Waals surface area contributed by atoms with E-state index in [0.29, 0.717) is 0 Å². The first-order valence-electron chi connectivity index (χ1n) is 4.46. The highest BCUT2D eigenvalue weighted by atomic mass is 32.1. The molecule has 3 heterocycles. The Morgan fingerprint density at radius 3 is 3.38 bits per heavy atom. The first kappa shape index (κ1) is 7.33. The monoisotopic (exact) mass is 189 g/mol. The molecule has 0 saturated carbocycles. The maximum atomic E-state index is 4.41. The third-order valence-electron chi connectivity index (χ3n) is 2.44. The summed E-state index contributed by atoms with van der Waals surface area (Å²) < 4.78 is 2.32. The van der Waals surface area contributed by atoms with E-state index in [1.165, 1.54) is 22.8 Å². The van der Waals surface area contributed by atoms with Gasteiger partial charge < -0.3 is 4.57 Å². The second-order valence-electron chi connectivity index (χ2n) is 3.23. The first-order chi connectivity index (χ1) is 6.45. The van der Waals surface area contributed by atoms with Gasteiger partial charge >= 0.3 is 0 Å². The Bertz CT molecular complexity index is 414. The maximum absolute atomic E-state index is 4.41. The van der Waals surface area contributed by atoms with Crippen molar-refractivity contribution < 1.29 is 0 Å². The highest BCUT2D eigenvalue weighted by Gasteiger charge is 2.16. The molecule has 1 aliphatic rings. The van der Waals surface area contributed by atoms with Crippen LogP contribution in [0, 0.1) is 5.38 Å². The Morgan fingerprint density at radius 1 is 1.54 bits per heavy atom. The number of hydrogen-bond acceptors (Lipinski definition) is 2. The third kappa shape index (κ3) is 1.04. The van der Waals surface area contributed by atoms with Gasteiger partial charge in [0.25, 0.3) is 0 Å². The Kier molecular flexibility index (Phi) is 1.52. The van der Waals surface area contributed by atoms with E-state index >= 15 is 0 Å². The molecule has 0 saturated heterocycles. The van der Waals surface area contributed by atoms with Crippen molar-refractivity contribution in [2.75, 3.05) is 0 Å². The normalized spacial score (nSPS) is 14.8. The van der Waals surface area contributed by atoms with Gasteiger partial charge in [-0.05, 0) is 18.6 Å². The summed E-state index contributed by atoms with van der Waals surface area (Å²) in [5, 5.41) is 3.11. The number of nitrogens with zero attached hydrogens (tertiary/aromatic N) is 2. The van der Waals surface area contributed by atoms with Crippen LogP contribution in [0.5, 0.6) is 0 Å². The molecule has 0 spiro atoms. The van der Waals surface area contributed by atoms with Crippen LogP contribution < -0.4 is 0 Å². The average Bonchev–Trinajstić information content (AvgIpc) is 2.79. The topological polar surface area (TPSA) is 17.8 Å². The zero-order chi connectivity index (χ0) is 8.67. The number of fused-ring (bicyclic) bond motifs is 1. The minimum atomic E-state index is 1.13. The lowest BCUT2D eigenvalue weighted by molar-refractivity contribution is 0.757. The fourth-order valence-electron chi connectivity index (χ4n) is 1.83. The quantitative estimate of drug-likeness (QED) is 0.673. The average molecular weight is 189 g/mol. The Balaban J connectivity index is 2.16. The molecule has 0 aliphatic carbocycles. The van der Waals surface area contributed by atoms with E-state index in [1.54, 1.807) is 11.3 Å². The fraction of sp³-hybridized carbons (Fsp3) is 0.300. The number of imidazole rings is 1. The van der Waals surface area contributed by atoms with Crippen molar-refractivity contribution in [1.82, 2.24) is 9.55 Å². The van der Waals surface area contributed by atoms with Gasteiger partial charge in [0.15, 0.2) is 0 Å². The van der Waals surface area contributed by atoms with Gasteiger partial charge in [-0.2, -0.15) is 0 Å². The Labute approximate surface area is 80.9 Å². The van der Waals surface area contributed by atoms with E-state index in [-0.39, 0.29) is 0 Å². The molecule has 0 bridgehead atoms. The van der Waals surface area contributed by atoms with Crippen molar-refractivity contribution in [3.05, 3.63) is 29.5 Å². The summed E-state index contributed by atoms with van der Waals surface area (Å²) in [5.41, 5.74) is 1.26. The molecular formula is C10H9N2S. The van der Waals surface area contributed by atoms with Gasteiger partial charge in [0.2, 0.25) is 0 Å². The molecule has 0 fully saturated rings. The van der Waals surface area contributed by atoms with Crippen LogP contribution in [0.1, 0.15) is 12.2 Å². The molecule has 0 amide bonds. The predicted octanol–water partition coefficient (Wildman–Crippen LogP) is 2.36. The lowest BCUT2D eigenvalue weighted by atomic mass is 10.3. The third-order valence-corrected chi connectivity index (χ3v) is 3.26. The molecule has 2 aromatic heterocycles. The number of aryl methyl sites for hydroxylation is 1. The maximum Gasteiger partial charge on any atom is 0.109 e. The van der Waals surface area contributed by atoms with Crippen molar-refractivity contribution >= 4 is 11.3 Å². The minimum Gasteiger partial charge on any atom is -0.327 e. The number of aromatic nitrogens is 2. The molecule has 0 atom stereocenters. The van der Waals surface area contributed by atoms with E-state index in [2.05, 4.69) is 21.0 Å². The summed E-state index contributed by atoms with van der Waals surface area (Å²) >= 11 is 1.66. The lowest BCUT2D eigenvalue weighted by Gasteiger charge is -2.00.